The zero-order chi connectivity index (χ0) is 30.2. The molecule has 224 valence electrons. The molecule has 4 rings (SSSR count). The quantitative estimate of drug-likeness (QED) is 0.450. The summed E-state index contributed by atoms with van der Waals surface area (Å²) in [6, 6.07) is 7.23. The molecular formula is C29H37F3N4O4S. The second kappa shape index (κ2) is 11.7. The number of alkyl halides is 3. The Morgan fingerprint density at radius 2 is 1.85 bits per heavy atom. The zero-order valence-electron chi connectivity index (χ0n) is 23.7. The summed E-state index contributed by atoms with van der Waals surface area (Å²) < 4.78 is 68.2. The van der Waals surface area contributed by atoms with Crippen LogP contribution < -0.4 is 16.0 Å². The highest BCUT2D eigenvalue weighted by Gasteiger charge is 2.41. The third-order valence-corrected chi connectivity index (χ3v) is 9.37. The topological polar surface area (TPSA) is 108 Å². The number of amides is 2. The first-order valence-corrected chi connectivity index (χ1v) is 15.1. The lowest BCUT2D eigenvalue weighted by Crippen LogP contribution is -2.58. The van der Waals surface area contributed by atoms with E-state index in [4.69, 9.17) is 0 Å². The van der Waals surface area contributed by atoms with Crippen molar-refractivity contribution in [2.75, 3.05) is 13.1 Å². The van der Waals surface area contributed by atoms with E-state index in [-0.39, 0.29) is 30.2 Å². The number of aryl methyl sites for hydroxylation is 2. The van der Waals surface area contributed by atoms with E-state index in [1.807, 2.05) is 12.1 Å². The van der Waals surface area contributed by atoms with E-state index in [9.17, 15) is 31.2 Å². The summed E-state index contributed by atoms with van der Waals surface area (Å²) in [5.41, 5.74) is 2.04. The van der Waals surface area contributed by atoms with Gasteiger partial charge in [0.05, 0.1) is 22.9 Å². The van der Waals surface area contributed by atoms with Gasteiger partial charge in [0, 0.05) is 25.2 Å². The van der Waals surface area contributed by atoms with E-state index in [1.54, 1.807) is 0 Å². The van der Waals surface area contributed by atoms with Crippen molar-refractivity contribution >= 4 is 21.8 Å². The molecule has 2 aromatic carbocycles. The minimum absolute atomic E-state index is 0.0173. The van der Waals surface area contributed by atoms with E-state index >= 15 is 0 Å². The first kappa shape index (κ1) is 31.0. The first-order chi connectivity index (χ1) is 19.1. The van der Waals surface area contributed by atoms with Gasteiger partial charge >= 0.3 is 6.18 Å². The van der Waals surface area contributed by atoms with Crippen LogP contribution in [0.15, 0.2) is 41.3 Å². The fraction of sp³-hybridized carbons (Fsp3) is 0.517. The number of piperazine rings is 1. The van der Waals surface area contributed by atoms with Crippen LogP contribution in [0.3, 0.4) is 0 Å². The summed E-state index contributed by atoms with van der Waals surface area (Å²) in [4.78, 5) is 25.4. The maximum Gasteiger partial charge on any atom is 0.416 e. The molecule has 0 saturated carbocycles. The molecule has 1 aliphatic heterocycles. The van der Waals surface area contributed by atoms with Gasteiger partial charge in [0.15, 0.2) is 0 Å². The Hall–Kier alpha value is -2.96. The predicted molar refractivity (Wildman–Crippen MR) is 148 cm³/mol. The van der Waals surface area contributed by atoms with E-state index in [0.717, 1.165) is 46.0 Å². The van der Waals surface area contributed by atoms with Crippen LogP contribution in [0.25, 0.3) is 0 Å². The van der Waals surface area contributed by atoms with Gasteiger partial charge in [0.1, 0.15) is 6.04 Å². The van der Waals surface area contributed by atoms with Crippen LogP contribution in [0.5, 0.6) is 0 Å². The molecule has 0 spiro atoms. The largest absolute Gasteiger partial charge is 0.416 e. The Bertz CT molecular complexity index is 1420. The summed E-state index contributed by atoms with van der Waals surface area (Å²) in [6.07, 6.45) is -2.77. The van der Waals surface area contributed by atoms with Gasteiger partial charge in [-0.05, 0) is 81.3 Å². The second-order valence-electron chi connectivity index (χ2n) is 11.8. The minimum Gasteiger partial charge on any atom is -0.353 e. The molecular weight excluding hydrogens is 557 g/mol. The van der Waals surface area contributed by atoms with Gasteiger partial charge in [-0.1, -0.05) is 24.3 Å². The van der Waals surface area contributed by atoms with E-state index in [1.165, 1.54) is 6.92 Å². The number of nitrogens with one attached hydrogen (secondary N) is 3. The molecule has 2 atom stereocenters. The molecule has 41 heavy (non-hydrogen) atoms. The van der Waals surface area contributed by atoms with Crippen molar-refractivity contribution in [2.45, 2.75) is 88.6 Å². The molecule has 1 saturated heterocycles. The average Bonchev–Trinajstić information content (AvgIpc) is 2.87. The van der Waals surface area contributed by atoms with Crippen LogP contribution in [-0.2, 0) is 38.8 Å². The van der Waals surface area contributed by atoms with Crippen molar-refractivity contribution in [1.82, 2.24) is 20.3 Å². The maximum absolute atomic E-state index is 13.5. The fourth-order valence-electron chi connectivity index (χ4n) is 5.30. The summed E-state index contributed by atoms with van der Waals surface area (Å²) in [7, 11) is -4.51. The molecule has 1 unspecified atom stereocenters. The number of nitrogens with zero attached hydrogens (tertiary/aromatic N) is 1. The highest BCUT2D eigenvalue weighted by atomic mass is 32.2. The van der Waals surface area contributed by atoms with Crippen molar-refractivity contribution in [2.24, 2.45) is 0 Å². The maximum atomic E-state index is 13.5. The summed E-state index contributed by atoms with van der Waals surface area (Å²) in [5, 5.41) is 9.00. The monoisotopic (exact) mass is 594 g/mol. The number of carbonyl (C=O) groups excluding carboxylic acids is 2. The average molecular weight is 595 g/mol. The van der Waals surface area contributed by atoms with E-state index in [2.05, 4.69) is 42.8 Å². The molecule has 0 radical (unpaired) electrons. The number of carbonyl (C=O) groups is 2. The number of benzene rings is 2. The first-order valence-electron chi connectivity index (χ1n) is 13.7. The van der Waals surface area contributed by atoms with Crippen molar-refractivity contribution in [1.29, 1.82) is 0 Å². The van der Waals surface area contributed by atoms with E-state index < -0.39 is 50.9 Å². The lowest BCUT2D eigenvalue weighted by Gasteiger charge is -2.34. The number of fused-ring (bicyclic) bond motifs is 1. The highest BCUT2D eigenvalue weighted by Crippen LogP contribution is 2.35. The Morgan fingerprint density at radius 1 is 1.12 bits per heavy atom. The lowest BCUT2D eigenvalue weighted by atomic mass is 9.86. The molecule has 1 fully saturated rings. The van der Waals surface area contributed by atoms with Gasteiger partial charge in [-0.25, -0.2) is 8.42 Å². The van der Waals surface area contributed by atoms with Crippen molar-refractivity contribution in [3.05, 3.63) is 64.2 Å². The third-order valence-electron chi connectivity index (χ3n) is 7.46. The van der Waals surface area contributed by atoms with Crippen LogP contribution >= 0.6 is 0 Å². The normalized spacial score (nSPS) is 20.3. The Balaban J connectivity index is 1.51. The van der Waals surface area contributed by atoms with Crippen molar-refractivity contribution in [3.63, 3.8) is 0 Å². The van der Waals surface area contributed by atoms with E-state index in [0.29, 0.717) is 19.0 Å². The predicted octanol–water partition coefficient (Wildman–Crippen LogP) is 3.97. The van der Waals surface area contributed by atoms with Gasteiger partial charge in [-0.15, -0.1) is 0 Å². The molecule has 1 heterocycles. The number of hydrogen-bond donors (Lipinski definition) is 3. The number of hydrogen-bond acceptors (Lipinski definition) is 5. The van der Waals surface area contributed by atoms with Gasteiger partial charge in [0.2, 0.25) is 21.8 Å². The van der Waals surface area contributed by atoms with Crippen molar-refractivity contribution < 1.29 is 31.2 Å². The van der Waals surface area contributed by atoms with Crippen LogP contribution in [0.1, 0.15) is 73.9 Å². The van der Waals surface area contributed by atoms with Crippen molar-refractivity contribution in [3.8, 4) is 0 Å². The number of sulfonamides is 1. The van der Waals surface area contributed by atoms with Gasteiger partial charge in [-0.3, -0.25) is 9.59 Å². The van der Waals surface area contributed by atoms with Crippen LogP contribution in [0.4, 0.5) is 13.2 Å². The SMILES string of the molecule is Cc1ccc(S(=O)(=O)N2CCNC(=O)C2CC(=O)N[C@@H]2CCCc3cc(CNC(C)(C)C)ccc32)cc1C(F)(F)F. The number of rotatable bonds is 7. The molecule has 12 heteroatoms. The van der Waals surface area contributed by atoms with Crippen LogP contribution in [0, 0.1) is 6.92 Å². The molecule has 2 aromatic rings. The van der Waals surface area contributed by atoms with Gasteiger partial charge in [-0.2, -0.15) is 17.5 Å². The molecule has 3 N–H and O–H groups in total. The summed E-state index contributed by atoms with van der Waals surface area (Å²) in [5.74, 6) is -1.18. The summed E-state index contributed by atoms with van der Waals surface area (Å²) >= 11 is 0. The van der Waals surface area contributed by atoms with Gasteiger partial charge < -0.3 is 16.0 Å². The van der Waals surface area contributed by atoms with Crippen LogP contribution in [-0.4, -0.2) is 49.2 Å². The second-order valence-corrected chi connectivity index (χ2v) is 13.6. The summed E-state index contributed by atoms with van der Waals surface area (Å²) in [6.45, 7) is 8.05. The molecule has 2 amide bonds. The zero-order valence-corrected chi connectivity index (χ0v) is 24.5. The molecule has 1 aliphatic carbocycles. The third kappa shape index (κ3) is 7.28. The van der Waals surface area contributed by atoms with Crippen LogP contribution in [0.2, 0.25) is 0 Å². The van der Waals surface area contributed by atoms with Gasteiger partial charge in [0.25, 0.3) is 0 Å². The Morgan fingerprint density at radius 3 is 2.54 bits per heavy atom. The molecule has 0 aromatic heterocycles. The minimum atomic E-state index is -4.74. The lowest BCUT2D eigenvalue weighted by molar-refractivity contribution is -0.138. The molecule has 0 bridgehead atoms. The number of halogens is 3. The Kier molecular flexibility index (Phi) is 8.87. The highest BCUT2D eigenvalue weighted by molar-refractivity contribution is 7.89. The standard InChI is InChI=1S/C29H37F3N4O4S/c1-18-8-10-21(15-23(18)29(30,31)32)41(39,40)36-13-12-33-27(38)25(36)16-26(37)35-24-7-5-6-20-14-19(9-11-22(20)24)17-34-28(2,3)4/h8-11,14-15,24-25,34H,5-7,12-13,16-17H2,1-4H3,(H,33,38)(H,35,37)/t24-,25?/m1/s1. The molecule has 2 aliphatic rings. The molecule has 8 nitrogen and oxygen atoms in total. The Labute approximate surface area is 239 Å². The smallest absolute Gasteiger partial charge is 0.353 e. The fourth-order valence-corrected chi connectivity index (χ4v) is 6.92.